The standard InChI is InChI=1S/C28H33NO4/c1-30-21-9-8-19-14-22-26-10-11-28(31-2,20(15-26)17-32-16-18-6-4-3-5-7-18)25-27(26,12-13-29-22)23(19)24(21)33-25/h3-9,20,22,25,29H,10-17H2,1-2H3/t20-,22?,25-,26-,27+,28-/m1/s1. The molecule has 0 aromatic heterocycles. The van der Waals surface area contributed by atoms with Gasteiger partial charge in [0.15, 0.2) is 11.5 Å². The van der Waals surface area contributed by atoms with Gasteiger partial charge in [-0.2, -0.15) is 0 Å². The summed E-state index contributed by atoms with van der Waals surface area (Å²) < 4.78 is 25.7. The Labute approximate surface area is 195 Å². The van der Waals surface area contributed by atoms with Crippen LogP contribution in [0.4, 0.5) is 0 Å². The summed E-state index contributed by atoms with van der Waals surface area (Å²) in [7, 11) is 3.65. The van der Waals surface area contributed by atoms with E-state index < -0.39 is 0 Å². The van der Waals surface area contributed by atoms with Gasteiger partial charge in [0, 0.05) is 35.5 Å². The van der Waals surface area contributed by atoms with Gasteiger partial charge in [0.2, 0.25) is 0 Å². The van der Waals surface area contributed by atoms with Crippen LogP contribution in [-0.2, 0) is 27.9 Å². The van der Waals surface area contributed by atoms with Gasteiger partial charge in [0.05, 0.1) is 20.3 Å². The summed E-state index contributed by atoms with van der Waals surface area (Å²) in [5, 5.41) is 3.94. The van der Waals surface area contributed by atoms with Gasteiger partial charge in [-0.1, -0.05) is 36.4 Å². The predicted molar refractivity (Wildman–Crippen MR) is 125 cm³/mol. The molecule has 4 aliphatic carbocycles. The minimum Gasteiger partial charge on any atom is -0.493 e. The first kappa shape index (κ1) is 20.3. The molecule has 174 valence electrons. The molecule has 4 fully saturated rings. The normalized spacial score (nSPS) is 39.2. The minimum absolute atomic E-state index is 0.00453. The number of benzene rings is 2. The SMILES string of the molecule is COc1ccc2c3c1O[C@H]1[C@@]4(OC)CC[C@@]5(C[C@@H]4COCc4ccccc4)C(C2)NCC[C@]315. The molecule has 2 spiro atoms. The predicted octanol–water partition coefficient (Wildman–Crippen LogP) is 4.01. The Hall–Kier alpha value is -2.08. The molecule has 3 saturated carbocycles. The second-order valence-corrected chi connectivity index (χ2v) is 10.8. The lowest BCUT2D eigenvalue weighted by Crippen LogP contribution is -2.81. The lowest BCUT2D eigenvalue weighted by Gasteiger charge is -2.72. The molecule has 2 aliphatic heterocycles. The fourth-order valence-electron chi connectivity index (χ4n) is 8.73. The van der Waals surface area contributed by atoms with Crippen molar-refractivity contribution in [1.82, 2.24) is 5.32 Å². The van der Waals surface area contributed by atoms with E-state index in [0.29, 0.717) is 25.2 Å². The van der Waals surface area contributed by atoms with Gasteiger partial charge in [0.1, 0.15) is 11.7 Å². The Balaban J connectivity index is 1.31. The molecule has 1 unspecified atom stereocenters. The topological polar surface area (TPSA) is 49.0 Å². The average Bonchev–Trinajstić information content (AvgIpc) is 3.21. The number of hydrogen-bond acceptors (Lipinski definition) is 5. The smallest absolute Gasteiger partial charge is 0.165 e. The Bertz CT molecular complexity index is 1090. The molecule has 4 bridgehead atoms. The van der Waals surface area contributed by atoms with Gasteiger partial charge >= 0.3 is 0 Å². The third kappa shape index (κ3) is 2.34. The van der Waals surface area contributed by atoms with Crippen molar-refractivity contribution in [3.63, 3.8) is 0 Å². The number of piperidine rings is 1. The first-order valence-corrected chi connectivity index (χ1v) is 12.5. The fraction of sp³-hybridized carbons (Fsp3) is 0.571. The molecular formula is C28H33NO4. The first-order chi connectivity index (χ1) is 16.2. The lowest BCUT2D eigenvalue weighted by atomic mass is 9.35. The molecule has 2 heterocycles. The van der Waals surface area contributed by atoms with Crippen molar-refractivity contribution < 1.29 is 18.9 Å². The number of hydrogen-bond donors (Lipinski definition) is 1. The molecule has 33 heavy (non-hydrogen) atoms. The Morgan fingerprint density at radius 1 is 1.06 bits per heavy atom. The first-order valence-electron chi connectivity index (χ1n) is 12.5. The highest BCUT2D eigenvalue weighted by Gasteiger charge is 2.79. The molecule has 1 N–H and O–H groups in total. The van der Waals surface area contributed by atoms with E-state index in [9.17, 15) is 0 Å². The number of nitrogens with one attached hydrogen (secondary N) is 1. The van der Waals surface area contributed by atoms with Crippen LogP contribution >= 0.6 is 0 Å². The van der Waals surface area contributed by atoms with Crippen LogP contribution in [-0.4, -0.2) is 45.1 Å². The minimum atomic E-state index is -0.334. The zero-order valence-electron chi connectivity index (χ0n) is 19.6. The fourth-order valence-corrected chi connectivity index (χ4v) is 8.73. The molecule has 6 atom stereocenters. The molecule has 2 aromatic rings. The van der Waals surface area contributed by atoms with Crippen LogP contribution in [0.15, 0.2) is 42.5 Å². The van der Waals surface area contributed by atoms with E-state index >= 15 is 0 Å². The second kappa shape index (κ2) is 6.97. The largest absolute Gasteiger partial charge is 0.493 e. The summed E-state index contributed by atoms with van der Waals surface area (Å²) in [6, 6.07) is 15.3. The Morgan fingerprint density at radius 2 is 1.94 bits per heavy atom. The zero-order chi connectivity index (χ0) is 22.3. The lowest BCUT2D eigenvalue weighted by molar-refractivity contribution is -0.271. The van der Waals surface area contributed by atoms with Crippen LogP contribution in [0.2, 0.25) is 0 Å². The summed E-state index contributed by atoms with van der Waals surface area (Å²) in [6.07, 6.45) is 5.52. The maximum Gasteiger partial charge on any atom is 0.165 e. The molecule has 8 rings (SSSR count). The third-order valence-electron chi connectivity index (χ3n) is 9.96. The van der Waals surface area contributed by atoms with Crippen LogP contribution in [0.25, 0.3) is 0 Å². The maximum absolute atomic E-state index is 6.99. The third-order valence-corrected chi connectivity index (χ3v) is 9.96. The van der Waals surface area contributed by atoms with Crippen molar-refractivity contribution >= 4 is 0 Å². The van der Waals surface area contributed by atoms with Gasteiger partial charge in [0.25, 0.3) is 0 Å². The number of fused-ring (bicyclic) bond motifs is 2. The number of ether oxygens (including phenoxy) is 4. The zero-order valence-corrected chi connectivity index (χ0v) is 19.6. The van der Waals surface area contributed by atoms with Crippen molar-refractivity contribution in [1.29, 1.82) is 0 Å². The van der Waals surface area contributed by atoms with E-state index in [1.807, 2.05) is 7.11 Å². The van der Waals surface area contributed by atoms with Gasteiger partial charge < -0.3 is 24.3 Å². The van der Waals surface area contributed by atoms with E-state index in [0.717, 1.165) is 43.7 Å². The van der Waals surface area contributed by atoms with Crippen molar-refractivity contribution in [3.05, 3.63) is 59.2 Å². The summed E-state index contributed by atoms with van der Waals surface area (Å²) in [4.78, 5) is 0. The van der Waals surface area contributed by atoms with Crippen LogP contribution in [0, 0.1) is 11.3 Å². The van der Waals surface area contributed by atoms with Crippen molar-refractivity contribution in [2.24, 2.45) is 11.3 Å². The van der Waals surface area contributed by atoms with E-state index in [2.05, 4.69) is 47.8 Å². The number of rotatable bonds is 6. The molecule has 1 saturated heterocycles. The Morgan fingerprint density at radius 3 is 2.76 bits per heavy atom. The van der Waals surface area contributed by atoms with E-state index in [-0.39, 0.29) is 22.5 Å². The van der Waals surface area contributed by atoms with Crippen LogP contribution in [0.1, 0.15) is 42.4 Å². The molecule has 2 aromatic carbocycles. The summed E-state index contributed by atoms with van der Waals surface area (Å²) in [5.41, 5.74) is 3.95. The highest BCUT2D eigenvalue weighted by molar-refractivity contribution is 5.63. The Kier molecular flexibility index (Phi) is 4.29. The highest BCUT2D eigenvalue weighted by atomic mass is 16.6. The quantitative estimate of drug-likeness (QED) is 0.725. The van der Waals surface area contributed by atoms with Crippen LogP contribution < -0.4 is 14.8 Å². The van der Waals surface area contributed by atoms with Crippen molar-refractivity contribution in [2.75, 3.05) is 27.4 Å². The van der Waals surface area contributed by atoms with Gasteiger partial charge in [-0.3, -0.25) is 0 Å². The van der Waals surface area contributed by atoms with Crippen molar-refractivity contribution in [2.45, 2.75) is 61.9 Å². The molecule has 5 heteroatoms. The molecule has 0 amide bonds. The summed E-state index contributed by atoms with van der Waals surface area (Å²) in [6.45, 7) is 2.38. The number of methoxy groups -OCH3 is 2. The van der Waals surface area contributed by atoms with Crippen molar-refractivity contribution in [3.8, 4) is 11.5 Å². The summed E-state index contributed by atoms with van der Waals surface area (Å²) in [5.74, 6) is 2.16. The highest BCUT2D eigenvalue weighted by Crippen LogP contribution is 2.75. The second-order valence-electron chi connectivity index (χ2n) is 10.8. The van der Waals surface area contributed by atoms with Gasteiger partial charge in [-0.05, 0) is 55.8 Å². The molecule has 6 aliphatic rings. The van der Waals surface area contributed by atoms with Gasteiger partial charge in [-0.25, -0.2) is 0 Å². The van der Waals surface area contributed by atoms with Crippen LogP contribution in [0.3, 0.4) is 0 Å². The average molecular weight is 448 g/mol. The van der Waals surface area contributed by atoms with Crippen LogP contribution in [0.5, 0.6) is 11.5 Å². The van der Waals surface area contributed by atoms with Gasteiger partial charge in [-0.15, -0.1) is 0 Å². The maximum atomic E-state index is 6.99. The van der Waals surface area contributed by atoms with E-state index in [1.165, 1.54) is 23.1 Å². The summed E-state index contributed by atoms with van der Waals surface area (Å²) >= 11 is 0. The molecule has 0 radical (unpaired) electrons. The van der Waals surface area contributed by atoms with E-state index in [4.69, 9.17) is 18.9 Å². The van der Waals surface area contributed by atoms with E-state index in [1.54, 1.807) is 7.11 Å². The monoisotopic (exact) mass is 447 g/mol. The molecular weight excluding hydrogens is 414 g/mol. The molecule has 5 nitrogen and oxygen atoms in total.